The van der Waals surface area contributed by atoms with Gasteiger partial charge in [-0.3, -0.25) is 9.48 Å². The van der Waals surface area contributed by atoms with Gasteiger partial charge in [0.25, 0.3) is 0 Å². The molecule has 0 radical (unpaired) electrons. The van der Waals surface area contributed by atoms with E-state index in [1.54, 1.807) is 11.3 Å². The molecule has 0 spiro atoms. The third-order valence-corrected chi connectivity index (χ3v) is 5.99. The van der Waals surface area contributed by atoms with Crippen LogP contribution in [0.25, 0.3) is 0 Å². The summed E-state index contributed by atoms with van der Waals surface area (Å²) in [5.74, 6) is 0.213. The lowest BCUT2D eigenvalue weighted by molar-refractivity contribution is -0.139. The van der Waals surface area contributed by atoms with Gasteiger partial charge >= 0.3 is 0 Å². The minimum Gasteiger partial charge on any atom is -0.333 e. The van der Waals surface area contributed by atoms with Crippen LogP contribution in [-0.4, -0.2) is 32.1 Å². The van der Waals surface area contributed by atoms with Crippen LogP contribution >= 0.6 is 11.3 Å². The number of carbonyl (C=O) groups excluding carboxylic acids is 1. The van der Waals surface area contributed by atoms with Gasteiger partial charge in [0.05, 0.1) is 11.7 Å². The van der Waals surface area contributed by atoms with Crippen molar-refractivity contribution in [3.05, 3.63) is 33.5 Å². The monoisotopic (exact) mass is 346 g/mol. The average Bonchev–Trinajstić information content (AvgIpc) is 3.19. The number of carbonyl (C=O) groups is 1. The number of nitrogens with zero attached hydrogens (tertiary/aromatic N) is 4. The Morgan fingerprint density at radius 3 is 2.83 bits per heavy atom. The van der Waals surface area contributed by atoms with Gasteiger partial charge < -0.3 is 4.90 Å². The van der Waals surface area contributed by atoms with E-state index in [2.05, 4.69) is 21.9 Å². The molecule has 1 aliphatic rings. The molecule has 3 heterocycles. The van der Waals surface area contributed by atoms with Crippen LogP contribution in [0.5, 0.6) is 0 Å². The summed E-state index contributed by atoms with van der Waals surface area (Å²) in [6.07, 6.45) is 5.87. The molecule has 5 nitrogen and oxygen atoms in total. The van der Waals surface area contributed by atoms with Gasteiger partial charge in [-0.25, -0.2) is 4.98 Å². The summed E-state index contributed by atoms with van der Waals surface area (Å²) in [4.78, 5) is 19.6. The summed E-state index contributed by atoms with van der Waals surface area (Å²) in [5.41, 5.74) is 3.40. The maximum atomic E-state index is 13.1. The van der Waals surface area contributed by atoms with Crippen molar-refractivity contribution < 1.29 is 4.79 Å². The van der Waals surface area contributed by atoms with Gasteiger partial charge in [-0.2, -0.15) is 5.10 Å². The molecule has 6 heteroatoms. The van der Waals surface area contributed by atoms with E-state index in [1.165, 1.54) is 12.0 Å². The number of thiazole rings is 1. The summed E-state index contributed by atoms with van der Waals surface area (Å²) in [5, 5.41) is 7.55. The number of likely N-dealkylation sites (tertiary alicyclic amines) is 1. The van der Waals surface area contributed by atoms with Crippen LogP contribution in [0.15, 0.2) is 11.6 Å². The fraction of sp³-hybridized carbons (Fsp3) is 0.611. The first-order valence-electron chi connectivity index (χ1n) is 8.68. The number of aryl methyl sites for hydroxylation is 2. The Balaban J connectivity index is 1.76. The van der Waals surface area contributed by atoms with Crippen LogP contribution in [0.3, 0.4) is 0 Å². The van der Waals surface area contributed by atoms with Crippen molar-refractivity contribution >= 4 is 17.2 Å². The van der Waals surface area contributed by atoms with Crippen molar-refractivity contribution in [2.45, 2.75) is 52.5 Å². The van der Waals surface area contributed by atoms with E-state index in [0.717, 1.165) is 42.2 Å². The van der Waals surface area contributed by atoms with E-state index in [-0.39, 0.29) is 17.9 Å². The van der Waals surface area contributed by atoms with Gasteiger partial charge in [0, 0.05) is 36.8 Å². The molecule has 1 aliphatic heterocycles. The van der Waals surface area contributed by atoms with Crippen LogP contribution < -0.4 is 0 Å². The smallest absolute Gasteiger partial charge is 0.226 e. The predicted octanol–water partition coefficient (Wildman–Crippen LogP) is 3.43. The number of hydrogen-bond acceptors (Lipinski definition) is 4. The van der Waals surface area contributed by atoms with Gasteiger partial charge in [-0.15, -0.1) is 11.3 Å². The summed E-state index contributed by atoms with van der Waals surface area (Å²) in [6.45, 7) is 6.99. The summed E-state index contributed by atoms with van der Waals surface area (Å²) >= 11 is 1.66. The fourth-order valence-electron chi connectivity index (χ4n) is 3.64. The topological polar surface area (TPSA) is 51.0 Å². The van der Waals surface area contributed by atoms with Gasteiger partial charge in [0.2, 0.25) is 5.91 Å². The van der Waals surface area contributed by atoms with Crippen molar-refractivity contribution in [3.63, 3.8) is 0 Å². The van der Waals surface area contributed by atoms with Gasteiger partial charge in [-0.05, 0) is 45.1 Å². The molecular weight excluding hydrogens is 320 g/mol. The number of rotatable bonds is 4. The van der Waals surface area contributed by atoms with E-state index in [4.69, 9.17) is 0 Å². The third-order valence-electron chi connectivity index (χ3n) is 5.11. The Hall–Kier alpha value is -1.69. The Kier molecular flexibility index (Phi) is 5.04. The molecule has 24 heavy (non-hydrogen) atoms. The number of piperidine rings is 1. The van der Waals surface area contributed by atoms with Crippen LogP contribution in [0.2, 0.25) is 0 Å². The number of aromatic nitrogens is 3. The highest BCUT2D eigenvalue weighted by atomic mass is 32.1. The molecule has 2 unspecified atom stereocenters. The predicted molar refractivity (Wildman–Crippen MR) is 96.0 cm³/mol. The Morgan fingerprint density at radius 1 is 1.42 bits per heavy atom. The van der Waals surface area contributed by atoms with Crippen molar-refractivity contribution in [2.75, 3.05) is 6.54 Å². The molecule has 1 amide bonds. The van der Waals surface area contributed by atoms with E-state index < -0.39 is 0 Å². The summed E-state index contributed by atoms with van der Waals surface area (Å²) in [6, 6.07) is 0.157. The molecule has 1 saturated heterocycles. The zero-order chi connectivity index (χ0) is 17.3. The van der Waals surface area contributed by atoms with E-state index in [1.807, 2.05) is 37.2 Å². The maximum absolute atomic E-state index is 13.1. The van der Waals surface area contributed by atoms with Crippen molar-refractivity contribution in [2.24, 2.45) is 13.0 Å². The van der Waals surface area contributed by atoms with Crippen LogP contribution in [0.1, 0.15) is 54.2 Å². The maximum Gasteiger partial charge on any atom is 0.226 e. The molecule has 0 aliphatic carbocycles. The van der Waals surface area contributed by atoms with Gasteiger partial charge in [-0.1, -0.05) is 6.92 Å². The second kappa shape index (κ2) is 7.05. The quantitative estimate of drug-likeness (QED) is 0.852. The zero-order valence-corrected chi connectivity index (χ0v) is 15.8. The lowest BCUT2D eigenvalue weighted by Gasteiger charge is -2.36. The second-order valence-corrected chi connectivity index (χ2v) is 7.72. The molecule has 0 saturated carbocycles. The normalized spacial score (nSPS) is 19.5. The lowest BCUT2D eigenvalue weighted by Crippen LogP contribution is -2.41. The molecule has 0 aromatic carbocycles. The van der Waals surface area contributed by atoms with Crippen LogP contribution in [0.4, 0.5) is 0 Å². The van der Waals surface area contributed by atoms with E-state index >= 15 is 0 Å². The van der Waals surface area contributed by atoms with E-state index in [0.29, 0.717) is 0 Å². The molecule has 3 rings (SSSR count). The summed E-state index contributed by atoms with van der Waals surface area (Å²) in [7, 11) is 1.96. The van der Waals surface area contributed by atoms with Crippen molar-refractivity contribution in [1.82, 2.24) is 19.7 Å². The summed E-state index contributed by atoms with van der Waals surface area (Å²) < 4.78 is 1.90. The first-order valence-corrected chi connectivity index (χ1v) is 9.56. The fourth-order valence-corrected chi connectivity index (χ4v) is 4.43. The Labute approximate surface area is 147 Å². The lowest BCUT2D eigenvalue weighted by atomic mass is 9.95. The SMILES string of the molecule is Cc1nn(C)c(C)c1CC(C)C(=O)N1CCCCC1c1nccs1. The molecule has 0 N–H and O–H groups in total. The van der Waals surface area contributed by atoms with Gasteiger partial charge in [0.1, 0.15) is 5.01 Å². The standard InChI is InChI=1S/C18H26N4OS/c1-12(11-15-13(2)20-21(4)14(15)3)18(23)22-9-6-5-7-16(22)17-19-8-10-24-17/h8,10,12,16H,5-7,9,11H2,1-4H3. The molecule has 130 valence electrons. The molecule has 1 fully saturated rings. The minimum absolute atomic E-state index is 0.0350. The first-order chi connectivity index (χ1) is 11.5. The Bertz CT molecular complexity index is 707. The van der Waals surface area contributed by atoms with Gasteiger partial charge in [0.15, 0.2) is 0 Å². The van der Waals surface area contributed by atoms with E-state index in [9.17, 15) is 4.79 Å². The highest BCUT2D eigenvalue weighted by Crippen LogP contribution is 2.33. The zero-order valence-electron chi connectivity index (χ0n) is 15.0. The minimum atomic E-state index is -0.0350. The second-order valence-electron chi connectivity index (χ2n) is 6.79. The molecule has 2 aromatic heterocycles. The Morgan fingerprint density at radius 2 is 2.21 bits per heavy atom. The number of amides is 1. The molecule has 0 bridgehead atoms. The highest BCUT2D eigenvalue weighted by Gasteiger charge is 2.32. The molecule has 2 atom stereocenters. The first kappa shape index (κ1) is 17.1. The third kappa shape index (κ3) is 3.24. The highest BCUT2D eigenvalue weighted by molar-refractivity contribution is 7.09. The van der Waals surface area contributed by atoms with Crippen molar-refractivity contribution in [1.29, 1.82) is 0 Å². The largest absolute Gasteiger partial charge is 0.333 e. The van der Waals surface area contributed by atoms with Crippen molar-refractivity contribution in [3.8, 4) is 0 Å². The number of hydrogen-bond donors (Lipinski definition) is 0. The van der Waals surface area contributed by atoms with Crippen LogP contribution in [-0.2, 0) is 18.3 Å². The molecular formula is C18H26N4OS. The average molecular weight is 346 g/mol. The van der Waals surface area contributed by atoms with Crippen LogP contribution in [0, 0.1) is 19.8 Å². The molecule has 2 aromatic rings.